The molecule has 0 unspecified atom stereocenters. The Balaban J connectivity index is 1.47. The average Bonchev–Trinajstić information content (AvgIpc) is 3.40. The van der Waals surface area contributed by atoms with Gasteiger partial charge in [0.15, 0.2) is 6.23 Å². The molecule has 0 spiro atoms. The molecular formula is C19H13BrN6O5. The number of nitrogens with zero attached hydrogens (tertiary/aromatic N) is 3. The molecule has 31 heavy (non-hydrogen) atoms. The second kappa shape index (κ2) is 8.36. The molecule has 2 heterocycles. The van der Waals surface area contributed by atoms with Crippen LogP contribution in [0.5, 0.6) is 0 Å². The summed E-state index contributed by atoms with van der Waals surface area (Å²) < 4.78 is 5.68. The number of esters is 1. The fourth-order valence-corrected chi connectivity index (χ4v) is 3.22. The maximum Gasteiger partial charge on any atom is 0.356 e. The Morgan fingerprint density at radius 2 is 2.03 bits per heavy atom. The van der Waals surface area contributed by atoms with Crippen molar-refractivity contribution in [1.29, 1.82) is 0 Å². The Hall–Kier alpha value is -4.06. The maximum atomic E-state index is 12.2. The van der Waals surface area contributed by atoms with Crippen molar-refractivity contribution < 1.29 is 19.2 Å². The van der Waals surface area contributed by atoms with E-state index in [0.717, 1.165) is 0 Å². The number of H-pyrrole nitrogens is 1. The summed E-state index contributed by atoms with van der Waals surface area (Å²) >= 11 is 3.12. The smallest absolute Gasteiger partial charge is 0.356 e. The van der Waals surface area contributed by atoms with E-state index < -0.39 is 23.0 Å². The summed E-state index contributed by atoms with van der Waals surface area (Å²) in [6, 6.07) is 11.2. The number of hydrogen-bond donors (Lipinski definition) is 3. The lowest BCUT2D eigenvalue weighted by Gasteiger charge is -2.11. The van der Waals surface area contributed by atoms with Gasteiger partial charge in [0.1, 0.15) is 12.0 Å². The molecule has 0 aliphatic carbocycles. The predicted octanol–water partition coefficient (Wildman–Crippen LogP) is 2.91. The van der Waals surface area contributed by atoms with Gasteiger partial charge in [-0.15, -0.1) is 0 Å². The molecule has 1 fully saturated rings. The number of carbonyl (C=O) groups is 2. The van der Waals surface area contributed by atoms with Crippen LogP contribution in [-0.4, -0.2) is 32.0 Å². The van der Waals surface area contributed by atoms with Gasteiger partial charge in [-0.2, -0.15) is 5.10 Å². The van der Waals surface area contributed by atoms with Crippen LogP contribution in [0.15, 0.2) is 59.0 Å². The summed E-state index contributed by atoms with van der Waals surface area (Å²) in [7, 11) is 0. The van der Waals surface area contributed by atoms with Gasteiger partial charge in [0.2, 0.25) is 5.82 Å². The number of hydrogen-bond acceptors (Lipinski definition) is 8. The van der Waals surface area contributed by atoms with Crippen molar-refractivity contribution in [2.75, 3.05) is 5.32 Å². The van der Waals surface area contributed by atoms with Crippen LogP contribution in [0.4, 0.5) is 11.4 Å². The summed E-state index contributed by atoms with van der Waals surface area (Å²) in [5.41, 5.74) is 1.70. The number of cyclic esters (lactones) is 1. The maximum absolute atomic E-state index is 12.2. The minimum atomic E-state index is -0.733. The van der Waals surface area contributed by atoms with E-state index >= 15 is 0 Å². The van der Waals surface area contributed by atoms with Crippen molar-refractivity contribution in [3.8, 4) is 0 Å². The van der Waals surface area contributed by atoms with Gasteiger partial charge in [-0.25, -0.2) is 9.78 Å². The zero-order valence-corrected chi connectivity index (χ0v) is 17.1. The van der Waals surface area contributed by atoms with E-state index in [4.69, 9.17) is 4.74 Å². The highest BCUT2D eigenvalue weighted by Crippen LogP contribution is 2.29. The lowest BCUT2D eigenvalue weighted by atomic mass is 10.1. The molecule has 0 radical (unpaired) electrons. The minimum Gasteiger partial charge on any atom is -0.433 e. The van der Waals surface area contributed by atoms with Crippen LogP contribution in [0.2, 0.25) is 0 Å². The van der Waals surface area contributed by atoms with Crippen molar-refractivity contribution in [3.63, 3.8) is 0 Å². The normalized spacial score (nSPS) is 16.6. The molecular weight excluding hydrogens is 472 g/mol. The van der Waals surface area contributed by atoms with Crippen LogP contribution in [0, 0.1) is 10.1 Å². The first-order valence-electron chi connectivity index (χ1n) is 8.80. The molecule has 3 aromatic rings. The van der Waals surface area contributed by atoms with Gasteiger partial charge >= 0.3 is 5.97 Å². The molecule has 1 atom stereocenters. The van der Waals surface area contributed by atoms with Crippen molar-refractivity contribution >= 4 is 45.3 Å². The van der Waals surface area contributed by atoms with Crippen molar-refractivity contribution in [2.24, 2.45) is 0 Å². The zero-order chi connectivity index (χ0) is 22.0. The van der Waals surface area contributed by atoms with Crippen molar-refractivity contribution in [2.45, 2.75) is 6.23 Å². The highest BCUT2D eigenvalue weighted by atomic mass is 79.9. The molecule has 1 aliphatic rings. The number of ether oxygens (including phenoxy) is 1. The van der Waals surface area contributed by atoms with Gasteiger partial charge in [-0.3, -0.25) is 20.0 Å². The molecule has 1 amide bonds. The number of nitro benzene ring substituents is 1. The van der Waals surface area contributed by atoms with Crippen LogP contribution in [0.1, 0.15) is 28.0 Å². The van der Waals surface area contributed by atoms with Crippen LogP contribution in [0.25, 0.3) is 6.08 Å². The molecule has 3 N–H and O–H groups in total. The number of halogens is 1. The van der Waals surface area contributed by atoms with E-state index in [-0.39, 0.29) is 17.2 Å². The van der Waals surface area contributed by atoms with E-state index in [0.29, 0.717) is 21.3 Å². The first-order chi connectivity index (χ1) is 14.9. The Kier molecular flexibility index (Phi) is 5.45. The fraction of sp³-hybridized carbons (Fsp3) is 0.0526. The Labute approximate surface area is 182 Å². The summed E-state index contributed by atoms with van der Waals surface area (Å²) in [5.74, 6) is -0.943. The summed E-state index contributed by atoms with van der Waals surface area (Å²) in [4.78, 5) is 38.5. The number of benzene rings is 2. The largest absolute Gasteiger partial charge is 0.433 e. The molecule has 1 aromatic heterocycles. The predicted molar refractivity (Wildman–Crippen MR) is 112 cm³/mol. The Morgan fingerprint density at radius 3 is 2.71 bits per heavy atom. The average molecular weight is 485 g/mol. The molecule has 156 valence electrons. The number of aromatic nitrogens is 3. The van der Waals surface area contributed by atoms with Crippen LogP contribution < -0.4 is 10.6 Å². The minimum absolute atomic E-state index is 0.0819. The van der Waals surface area contributed by atoms with Gasteiger partial charge in [0, 0.05) is 17.3 Å². The van der Waals surface area contributed by atoms with Crippen LogP contribution in [-0.2, 0) is 9.53 Å². The van der Waals surface area contributed by atoms with Gasteiger partial charge < -0.3 is 15.4 Å². The third kappa shape index (κ3) is 4.43. The molecule has 11 nitrogen and oxygen atoms in total. The highest BCUT2D eigenvalue weighted by molar-refractivity contribution is 9.10. The first kappa shape index (κ1) is 20.2. The number of carbonyl (C=O) groups excluding carboxylic acids is 2. The van der Waals surface area contributed by atoms with E-state index in [9.17, 15) is 19.7 Å². The third-order valence-corrected chi connectivity index (χ3v) is 4.98. The molecule has 12 heteroatoms. The van der Waals surface area contributed by atoms with E-state index in [2.05, 4.69) is 41.7 Å². The van der Waals surface area contributed by atoms with Crippen LogP contribution in [0.3, 0.4) is 0 Å². The topological polar surface area (TPSA) is 152 Å². The second-order valence-electron chi connectivity index (χ2n) is 6.37. The SMILES string of the molecule is O=C1O[C@H](c2ccc(NC(=O)c3ncn[nH]3)cc2)N/C1=C\c1ccc(Br)c([N+](=O)[O-])c1. The van der Waals surface area contributed by atoms with E-state index in [1.807, 2.05) is 0 Å². The van der Waals surface area contributed by atoms with E-state index in [1.165, 1.54) is 24.5 Å². The number of aromatic amines is 1. The molecule has 4 rings (SSSR count). The Morgan fingerprint density at radius 1 is 1.26 bits per heavy atom. The molecule has 1 aliphatic heterocycles. The van der Waals surface area contributed by atoms with Crippen molar-refractivity contribution in [3.05, 3.63) is 86.0 Å². The quantitative estimate of drug-likeness (QED) is 0.216. The standard InChI is InChI=1S/C19H13BrN6O5/c20-13-6-1-10(8-15(13)26(29)30)7-14-19(28)31-18(24-14)11-2-4-12(5-3-11)23-17(27)16-21-9-22-25-16/h1-9,18,24H,(H,23,27)(H,21,22,25)/b14-7-/t18-/m1/s1. The number of nitro groups is 1. The number of rotatable bonds is 5. The highest BCUT2D eigenvalue weighted by Gasteiger charge is 2.29. The number of anilines is 1. The third-order valence-electron chi connectivity index (χ3n) is 4.31. The number of nitrogens with one attached hydrogen (secondary N) is 3. The van der Waals surface area contributed by atoms with Crippen molar-refractivity contribution in [1.82, 2.24) is 20.5 Å². The van der Waals surface area contributed by atoms with Crippen LogP contribution >= 0.6 is 15.9 Å². The summed E-state index contributed by atoms with van der Waals surface area (Å²) in [6.45, 7) is 0. The molecule has 2 aromatic carbocycles. The second-order valence-corrected chi connectivity index (χ2v) is 7.22. The van der Waals surface area contributed by atoms with Gasteiger partial charge in [-0.1, -0.05) is 18.2 Å². The lowest BCUT2D eigenvalue weighted by molar-refractivity contribution is -0.385. The van der Waals surface area contributed by atoms with Gasteiger partial charge in [-0.05, 0) is 45.8 Å². The summed E-state index contributed by atoms with van der Waals surface area (Å²) in [6.07, 6.45) is 1.98. The summed E-state index contributed by atoms with van der Waals surface area (Å²) in [5, 5.41) is 22.8. The van der Waals surface area contributed by atoms with Gasteiger partial charge in [0.05, 0.1) is 9.40 Å². The fourth-order valence-electron chi connectivity index (χ4n) is 2.82. The Bertz CT molecular complexity index is 1190. The molecule has 0 saturated carbocycles. The first-order valence-corrected chi connectivity index (χ1v) is 9.60. The lowest BCUT2D eigenvalue weighted by Crippen LogP contribution is -2.15. The zero-order valence-electron chi connectivity index (χ0n) is 15.5. The monoisotopic (exact) mass is 484 g/mol. The number of amides is 1. The molecule has 0 bridgehead atoms. The van der Waals surface area contributed by atoms with Gasteiger partial charge in [0.25, 0.3) is 11.6 Å². The molecule has 1 saturated heterocycles. The van der Waals surface area contributed by atoms with E-state index in [1.54, 1.807) is 30.3 Å².